The van der Waals surface area contributed by atoms with Crippen molar-refractivity contribution in [1.82, 2.24) is 4.90 Å². The second-order valence-corrected chi connectivity index (χ2v) is 4.46. The lowest BCUT2D eigenvalue weighted by Crippen LogP contribution is -2.31. The molecule has 2 nitrogen and oxygen atoms in total. The Bertz CT molecular complexity index is 334. The Kier molecular flexibility index (Phi) is 5.75. The molecule has 1 amide bonds. The monoisotopic (exact) mass is 233 g/mol. The highest BCUT2D eigenvalue weighted by atomic mass is 16.2. The average Bonchev–Trinajstić information content (AvgIpc) is 2.39. The van der Waals surface area contributed by atoms with Crippen LogP contribution in [-0.2, 0) is 4.79 Å². The van der Waals surface area contributed by atoms with Crippen molar-refractivity contribution in [3.05, 3.63) is 35.9 Å². The first-order valence-electron chi connectivity index (χ1n) is 6.50. The van der Waals surface area contributed by atoms with E-state index in [2.05, 4.69) is 19.1 Å². The van der Waals surface area contributed by atoms with Crippen LogP contribution in [0, 0.1) is 0 Å². The van der Waals surface area contributed by atoms with E-state index in [0.29, 0.717) is 0 Å². The second-order valence-electron chi connectivity index (χ2n) is 4.46. The summed E-state index contributed by atoms with van der Waals surface area (Å²) in [5.74, 6) is 0.272. The van der Waals surface area contributed by atoms with E-state index in [1.165, 1.54) is 0 Å². The third kappa shape index (κ3) is 3.88. The summed E-state index contributed by atoms with van der Waals surface area (Å²) in [6.07, 6.45) is 3.18. The number of rotatable bonds is 6. The first kappa shape index (κ1) is 13.8. The summed E-state index contributed by atoms with van der Waals surface area (Å²) in [6, 6.07) is 10.1. The van der Waals surface area contributed by atoms with E-state index in [-0.39, 0.29) is 11.8 Å². The minimum absolute atomic E-state index is 0.0288. The normalized spacial score (nSPS) is 12.2. The zero-order valence-corrected chi connectivity index (χ0v) is 11.1. The number of carbonyl (C=O) groups excluding carboxylic acids is 1. The topological polar surface area (TPSA) is 20.3 Å². The van der Waals surface area contributed by atoms with Gasteiger partial charge in [0.1, 0.15) is 0 Å². The maximum absolute atomic E-state index is 12.3. The Labute approximate surface area is 105 Å². The van der Waals surface area contributed by atoms with Gasteiger partial charge in [-0.3, -0.25) is 4.79 Å². The molecule has 1 rings (SSSR count). The fraction of sp³-hybridized carbons (Fsp3) is 0.533. The van der Waals surface area contributed by atoms with Crippen LogP contribution in [0.5, 0.6) is 0 Å². The van der Waals surface area contributed by atoms with Gasteiger partial charge in [-0.1, -0.05) is 50.1 Å². The van der Waals surface area contributed by atoms with Gasteiger partial charge in [0.25, 0.3) is 0 Å². The van der Waals surface area contributed by atoms with Gasteiger partial charge in [-0.15, -0.1) is 0 Å². The van der Waals surface area contributed by atoms with E-state index in [0.717, 1.165) is 31.4 Å². The highest BCUT2D eigenvalue weighted by Crippen LogP contribution is 2.24. The Morgan fingerprint density at radius 2 is 1.88 bits per heavy atom. The number of amides is 1. The standard InChI is InChI=1S/C15H23NO/c1-4-6-12-14(15(17)16(3)5-2)13-10-8-7-9-11-13/h7-11,14H,4-6,12H2,1-3H3. The van der Waals surface area contributed by atoms with Crippen LogP contribution in [0.1, 0.15) is 44.6 Å². The lowest BCUT2D eigenvalue weighted by atomic mass is 9.92. The fourth-order valence-electron chi connectivity index (χ4n) is 1.95. The molecular formula is C15H23NO. The molecule has 0 N–H and O–H groups in total. The molecule has 94 valence electrons. The Morgan fingerprint density at radius 1 is 1.24 bits per heavy atom. The van der Waals surface area contributed by atoms with Gasteiger partial charge < -0.3 is 4.90 Å². The van der Waals surface area contributed by atoms with Crippen molar-refractivity contribution in [2.75, 3.05) is 13.6 Å². The summed E-state index contributed by atoms with van der Waals surface area (Å²) in [5.41, 5.74) is 1.14. The molecule has 0 saturated heterocycles. The fourth-order valence-corrected chi connectivity index (χ4v) is 1.95. The zero-order chi connectivity index (χ0) is 12.7. The van der Waals surface area contributed by atoms with E-state index in [1.54, 1.807) is 0 Å². The lowest BCUT2D eigenvalue weighted by molar-refractivity contribution is -0.131. The zero-order valence-electron chi connectivity index (χ0n) is 11.1. The summed E-state index contributed by atoms with van der Waals surface area (Å²) in [5, 5.41) is 0. The molecule has 17 heavy (non-hydrogen) atoms. The molecule has 0 aliphatic carbocycles. The molecule has 1 aromatic carbocycles. The largest absolute Gasteiger partial charge is 0.346 e. The van der Waals surface area contributed by atoms with Crippen molar-refractivity contribution in [3.8, 4) is 0 Å². The van der Waals surface area contributed by atoms with Crippen LogP contribution in [0.15, 0.2) is 30.3 Å². The van der Waals surface area contributed by atoms with Gasteiger partial charge in [-0.25, -0.2) is 0 Å². The minimum Gasteiger partial charge on any atom is -0.346 e. The van der Waals surface area contributed by atoms with Crippen LogP contribution >= 0.6 is 0 Å². The third-order valence-corrected chi connectivity index (χ3v) is 3.20. The van der Waals surface area contributed by atoms with Gasteiger partial charge in [-0.05, 0) is 18.9 Å². The number of benzene rings is 1. The Balaban J connectivity index is 2.84. The van der Waals surface area contributed by atoms with Crippen LogP contribution in [0.25, 0.3) is 0 Å². The van der Waals surface area contributed by atoms with E-state index in [9.17, 15) is 4.79 Å². The van der Waals surface area contributed by atoms with Crippen molar-refractivity contribution >= 4 is 5.91 Å². The number of hydrogen-bond acceptors (Lipinski definition) is 1. The molecule has 1 aromatic rings. The van der Waals surface area contributed by atoms with E-state index in [4.69, 9.17) is 0 Å². The SMILES string of the molecule is CCCCC(C(=O)N(C)CC)c1ccccc1. The van der Waals surface area contributed by atoms with Crippen molar-refractivity contribution in [1.29, 1.82) is 0 Å². The Morgan fingerprint density at radius 3 is 2.41 bits per heavy atom. The molecule has 0 radical (unpaired) electrons. The molecule has 1 unspecified atom stereocenters. The molecule has 2 heteroatoms. The van der Waals surface area contributed by atoms with Gasteiger partial charge in [0, 0.05) is 13.6 Å². The maximum Gasteiger partial charge on any atom is 0.229 e. The van der Waals surface area contributed by atoms with Crippen LogP contribution in [0.3, 0.4) is 0 Å². The van der Waals surface area contributed by atoms with Crippen molar-refractivity contribution in [2.45, 2.75) is 39.0 Å². The number of nitrogens with zero attached hydrogens (tertiary/aromatic N) is 1. The van der Waals surface area contributed by atoms with Gasteiger partial charge in [0.15, 0.2) is 0 Å². The predicted molar refractivity (Wildman–Crippen MR) is 72.0 cm³/mol. The summed E-state index contributed by atoms with van der Waals surface area (Å²) in [7, 11) is 1.88. The van der Waals surface area contributed by atoms with E-state index >= 15 is 0 Å². The van der Waals surface area contributed by atoms with Gasteiger partial charge in [-0.2, -0.15) is 0 Å². The summed E-state index contributed by atoms with van der Waals surface area (Å²) >= 11 is 0. The van der Waals surface area contributed by atoms with Gasteiger partial charge >= 0.3 is 0 Å². The molecule has 0 aliphatic rings. The smallest absolute Gasteiger partial charge is 0.229 e. The average molecular weight is 233 g/mol. The highest BCUT2D eigenvalue weighted by molar-refractivity contribution is 5.83. The second kappa shape index (κ2) is 7.10. The maximum atomic E-state index is 12.3. The summed E-state index contributed by atoms with van der Waals surface area (Å²) in [4.78, 5) is 14.1. The molecule has 0 heterocycles. The van der Waals surface area contributed by atoms with Gasteiger partial charge in [0.2, 0.25) is 5.91 Å². The lowest BCUT2D eigenvalue weighted by Gasteiger charge is -2.23. The summed E-state index contributed by atoms with van der Waals surface area (Å²) in [6.45, 7) is 4.95. The Hall–Kier alpha value is -1.31. The molecular weight excluding hydrogens is 210 g/mol. The first-order valence-corrected chi connectivity index (χ1v) is 6.50. The number of carbonyl (C=O) groups is 1. The molecule has 0 aromatic heterocycles. The quantitative estimate of drug-likeness (QED) is 0.737. The predicted octanol–water partition coefficient (Wildman–Crippen LogP) is 3.44. The van der Waals surface area contributed by atoms with Gasteiger partial charge in [0.05, 0.1) is 5.92 Å². The molecule has 0 saturated carbocycles. The molecule has 0 bridgehead atoms. The molecule has 0 spiro atoms. The summed E-state index contributed by atoms with van der Waals surface area (Å²) < 4.78 is 0. The van der Waals surface area contributed by atoms with Crippen molar-refractivity contribution in [3.63, 3.8) is 0 Å². The van der Waals surface area contributed by atoms with E-state index in [1.807, 2.05) is 37.1 Å². The highest BCUT2D eigenvalue weighted by Gasteiger charge is 2.22. The van der Waals surface area contributed by atoms with Crippen LogP contribution in [0.2, 0.25) is 0 Å². The minimum atomic E-state index is 0.0288. The van der Waals surface area contributed by atoms with Crippen LogP contribution < -0.4 is 0 Å². The van der Waals surface area contributed by atoms with Crippen molar-refractivity contribution in [2.24, 2.45) is 0 Å². The van der Waals surface area contributed by atoms with E-state index < -0.39 is 0 Å². The third-order valence-electron chi connectivity index (χ3n) is 3.20. The van der Waals surface area contributed by atoms with Crippen LogP contribution in [0.4, 0.5) is 0 Å². The molecule has 0 aliphatic heterocycles. The number of likely N-dealkylation sites (N-methyl/N-ethyl adjacent to an activating group) is 1. The molecule has 1 atom stereocenters. The number of unbranched alkanes of at least 4 members (excludes halogenated alkanes) is 1. The number of hydrogen-bond donors (Lipinski definition) is 0. The molecule has 0 fully saturated rings. The first-order chi connectivity index (χ1) is 8.20. The van der Waals surface area contributed by atoms with Crippen LogP contribution in [-0.4, -0.2) is 24.4 Å². The van der Waals surface area contributed by atoms with Crippen molar-refractivity contribution < 1.29 is 4.79 Å².